The predicted octanol–water partition coefficient (Wildman–Crippen LogP) is 9.45. The second-order valence-electron chi connectivity index (χ2n) is 9.82. The van der Waals surface area contributed by atoms with Crippen molar-refractivity contribution < 1.29 is 45.0 Å². The van der Waals surface area contributed by atoms with Gasteiger partial charge in [-0.3, -0.25) is 0 Å². The molecule has 0 bridgehead atoms. The maximum atomic E-state index is 14.2. The van der Waals surface area contributed by atoms with E-state index in [1.807, 2.05) is 25.1 Å². The first-order valence-corrected chi connectivity index (χ1v) is 13.2. The summed E-state index contributed by atoms with van der Waals surface area (Å²) < 4.78 is 114. The van der Waals surface area contributed by atoms with Crippen molar-refractivity contribution in [2.24, 2.45) is 0 Å². The molecule has 0 radical (unpaired) electrons. The van der Waals surface area contributed by atoms with Crippen molar-refractivity contribution >= 4 is 5.69 Å². The first-order chi connectivity index (χ1) is 20.2. The average molecular weight is 610 g/mol. The number of aliphatic hydroxyl groups is 1. The first kappa shape index (κ1) is 31.8. The molecule has 4 aromatic carbocycles. The van der Waals surface area contributed by atoms with Crippen LogP contribution in [0.3, 0.4) is 0 Å². The summed E-state index contributed by atoms with van der Waals surface area (Å²) in [7, 11) is 0. The molecule has 4 rings (SSSR count). The van der Waals surface area contributed by atoms with Crippen LogP contribution in [-0.4, -0.2) is 17.9 Å². The molecule has 228 valence electrons. The molecule has 11 heteroatoms. The third kappa shape index (κ3) is 7.45. The highest BCUT2D eigenvalue weighted by atomic mass is 19.4. The van der Waals surface area contributed by atoms with E-state index in [9.17, 15) is 40.2 Å². The zero-order chi connectivity index (χ0) is 31.4. The number of alkyl halides is 8. The van der Waals surface area contributed by atoms with Crippen molar-refractivity contribution in [3.63, 3.8) is 0 Å². The van der Waals surface area contributed by atoms with E-state index in [4.69, 9.17) is 4.74 Å². The largest absolute Gasteiger partial charge is 0.458 e. The van der Waals surface area contributed by atoms with Gasteiger partial charge >= 0.3 is 18.3 Å². The Morgan fingerprint density at radius 3 is 1.95 bits per heavy atom. The van der Waals surface area contributed by atoms with E-state index in [-0.39, 0.29) is 17.7 Å². The van der Waals surface area contributed by atoms with Crippen molar-refractivity contribution in [3.8, 4) is 11.5 Å². The lowest BCUT2D eigenvalue weighted by atomic mass is 10.00. The molecule has 0 saturated heterocycles. The smallest absolute Gasteiger partial charge is 0.457 e. The lowest BCUT2D eigenvalue weighted by Crippen LogP contribution is -2.34. The van der Waals surface area contributed by atoms with Gasteiger partial charge in [0.25, 0.3) is 0 Å². The molecule has 43 heavy (non-hydrogen) atoms. The summed E-state index contributed by atoms with van der Waals surface area (Å²) >= 11 is 0. The highest BCUT2D eigenvalue weighted by Gasteiger charge is 2.58. The number of hydrogen-bond acceptors (Lipinski definition) is 3. The molecule has 0 aromatic heterocycles. The number of benzene rings is 4. The number of anilines is 1. The van der Waals surface area contributed by atoms with Crippen LogP contribution in [0.5, 0.6) is 11.5 Å². The SMILES string of the molecule is CCc1cccc(Oc2cccc(N(Cc3cccc(C(F)(F)C(F)(F)F)c3)C(CO)c3cccc(C(F)(F)F)c3)c2)c1. The third-order valence-electron chi connectivity index (χ3n) is 6.84. The van der Waals surface area contributed by atoms with E-state index in [1.54, 1.807) is 30.3 Å². The molecule has 1 N–H and O–H groups in total. The molecule has 0 aliphatic heterocycles. The molecule has 0 aliphatic rings. The summed E-state index contributed by atoms with van der Waals surface area (Å²) in [6.07, 6.45) is -9.76. The molecule has 1 unspecified atom stereocenters. The van der Waals surface area contributed by atoms with E-state index in [2.05, 4.69) is 0 Å². The summed E-state index contributed by atoms with van der Waals surface area (Å²) in [5.41, 5.74) is -0.873. The van der Waals surface area contributed by atoms with Gasteiger partial charge in [-0.25, -0.2) is 0 Å². The van der Waals surface area contributed by atoms with Crippen LogP contribution in [0, 0.1) is 0 Å². The number of ether oxygens (including phenoxy) is 1. The molecule has 0 spiro atoms. The van der Waals surface area contributed by atoms with Crippen LogP contribution in [-0.2, 0) is 25.1 Å². The predicted molar refractivity (Wildman–Crippen MR) is 146 cm³/mol. The monoisotopic (exact) mass is 609 g/mol. The van der Waals surface area contributed by atoms with Crippen molar-refractivity contribution in [1.82, 2.24) is 0 Å². The number of aliphatic hydroxyl groups excluding tert-OH is 1. The highest BCUT2D eigenvalue weighted by Crippen LogP contribution is 2.44. The number of aryl methyl sites for hydroxylation is 1. The van der Waals surface area contributed by atoms with Gasteiger partial charge < -0.3 is 14.7 Å². The van der Waals surface area contributed by atoms with E-state index in [1.165, 1.54) is 23.1 Å². The maximum Gasteiger partial charge on any atom is 0.458 e. The van der Waals surface area contributed by atoms with Crippen LogP contribution in [0.4, 0.5) is 40.8 Å². The summed E-state index contributed by atoms with van der Waals surface area (Å²) in [5, 5.41) is 10.4. The Hall–Kier alpha value is -4.12. The Morgan fingerprint density at radius 1 is 0.698 bits per heavy atom. The van der Waals surface area contributed by atoms with Gasteiger partial charge in [0, 0.05) is 23.9 Å². The molecular weight excluding hydrogens is 582 g/mol. The molecule has 0 heterocycles. The number of hydrogen-bond donors (Lipinski definition) is 1. The Labute approximate surface area is 243 Å². The van der Waals surface area contributed by atoms with Gasteiger partial charge in [0.2, 0.25) is 0 Å². The van der Waals surface area contributed by atoms with E-state index in [0.717, 1.165) is 30.2 Å². The van der Waals surface area contributed by atoms with Gasteiger partial charge in [-0.2, -0.15) is 35.1 Å². The maximum absolute atomic E-state index is 14.2. The molecule has 0 aliphatic carbocycles. The highest BCUT2D eigenvalue weighted by molar-refractivity contribution is 5.54. The molecule has 0 amide bonds. The number of halogens is 8. The second-order valence-corrected chi connectivity index (χ2v) is 9.82. The minimum absolute atomic E-state index is 0.00817. The fourth-order valence-electron chi connectivity index (χ4n) is 4.60. The zero-order valence-electron chi connectivity index (χ0n) is 22.8. The normalized spacial score (nSPS) is 13.1. The minimum atomic E-state index is -5.84. The average Bonchev–Trinajstić information content (AvgIpc) is 2.96. The topological polar surface area (TPSA) is 32.7 Å². The minimum Gasteiger partial charge on any atom is -0.457 e. The van der Waals surface area contributed by atoms with E-state index >= 15 is 0 Å². The third-order valence-corrected chi connectivity index (χ3v) is 6.84. The van der Waals surface area contributed by atoms with Crippen LogP contribution in [0.25, 0.3) is 0 Å². The fourth-order valence-corrected chi connectivity index (χ4v) is 4.60. The quantitative estimate of drug-likeness (QED) is 0.182. The number of rotatable bonds is 10. The van der Waals surface area contributed by atoms with Crippen molar-refractivity contribution in [3.05, 3.63) is 125 Å². The van der Waals surface area contributed by atoms with Crippen LogP contribution < -0.4 is 9.64 Å². The van der Waals surface area contributed by atoms with Crippen LogP contribution in [0.15, 0.2) is 97.1 Å². The molecule has 4 aromatic rings. The molecule has 0 saturated carbocycles. The first-order valence-electron chi connectivity index (χ1n) is 13.2. The molecular formula is C32H27F8NO2. The second kappa shape index (κ2) is 12.6. The number of nitrogens with zero attached hydrogens (tertiary/aromatic N) is 1. The summed E-state index contributed by atoms with van der Waals surface area (Å²) in [6.45, 7) is 0.932. The van der Waals surface area contributed by atoms with Gasteiger partial charge in [-0.15, -0.1) is 0 Å². The Kier molecular flexibility index (Phi) is 9.34. The summed E-state index contributed by atoms with van der Waals surface area (Å²) in [5.74, 6) is -4.29. The lowest BCUT2D eigenvalue weighted by molar-refractivity contribution is -0.289. The van der Waals surface area contributed by atoms with Crippen LogP contribution in [0.1, 0.15) is 40.8 Å². The van der Waals surface area contributed by atoms with E-state index in [0.29, 0.717) is 29.3 Å². The van der Waals surface area contributed by atoms with Gasteiger partial charge in [-0.1, -0.05) is 55.5 Å². The molecule has 1 atom stereocenters. The van der Waals surface area contributed by atoms with Gasteiger partial charge in [-0.05, 0) is 65.6 Å². The van der Waals surface area contributed by atoms with Gasteiger partial charge in [0.05, 0.1) is 18.2 Å². The van der Waals surface area contributed by atoms with Crippen molar-refractivity contribution in [2.45, 2.75) is 44.2 Å². The summed E-state index contributed by atoms with van der Waals surface area (Å²) in [4.78, 5) is 1.43. The molecule has 0 fully saturated rings. The Balaban J connectivity index is 1.78. The van der Waals surface area contributed by atoms with Crippen LogP contribution >= 0.6 is 0 Å². The van der Waals surface area contributed by atoms with Crippen molar-refractivity contribution in [2.75, 3.05) is 11.5 Å². The van der Waals surface area contributed by atoms with Gasteiger partial charge in [0.15, 0.2) is 0 Å². The Morgan fingerprint density at radius 2 is 1.30 bits per heavy atom. The van der Waals surface area contributed by atoms with E-state index < -0.39 is 42.1 Å². The summed E-state index contributed by atoms with van der Waals surface area (Å²) in [6, 6.07) is 20.4. The van der Waals surface area contributed by atoms with Gasteiger partial charge in [0.1, 0.15) is 11.5 Å². The Bertz CT molecular complexity index is 1530. The molecule has 3 nitrogen and oxygen atoms in total. The standard InChI is InChI=1S/C32H27F8NO2/c1-2-21-7-4-13-27(16-21)43-28-14-6-12-26(18-28)41(29(20-42)23-9-5-11-25(17-23)31(35,36)37)19-22-8-3-10-24(15-22)30(33,34)32(38,39)40/h3-18,29,42H,2,19-20H2,1H3. The lowest BCUT2D eigenvalue weighted by Gasteiger charge is -2.34. The van der Waals surface area contributed by atoms with Crippen molar-refractivity contribution in [1.29, 1.82) is 0 Å². The zero-order valence-corrected chi connectivity index (χ0v) is 22.8. The van der Waals surface area contributed by atoms with Crippen LogP contribution in [0.2, 0.25) is 0 Å². The fraction of sp³-hybridized carbons (Fsp3) is 0.250.